The lowest BCUT2D eigenvalue weighted by Crippen LogP contribution is -2.49. The zero-order chi connectivity index (χ0) is 10.6. The fraction of sp³-hybridized carbons (Fsp3) is 1.00. The zero-order valence-electron chi connectivity index (χ0n) is 10.3. The average Bonchev–Trinajstić information content (AvgIpc) is 2.19. The molecule has 1 aliphatic rings. The van der Waals surface area contributed by atoms with E-state index < -0.39 is 0 Å². The largest absolute Gasteiger partial charge is 0.313 e. The van der Waals surface area contributed by atoms with Gasteiger partial charge in [-0.2, -0.15) is 0 Å². The van der Waals surface area contributed by atoms with Crippen molar-refractivity contribution in [3.05, 3.63) is 0 Å². The third kappa shape index (κ3) is 3.25. The van der Waals surface area contributed by atoms with Gasteiger partial charge in [-0.25, -0.2) is 0 Å². The van der Waals surface area contributed by atoms with E-state index in [-0.39, 0.29) is 0 Å². The second kappa shape index (κ2) is 5.13. The highest BCUT2D eigenvalue weighted by Gasteiger charge is 2.24. The Kier molecular flexibility index (Phi) is 4.39. The number of nitrogens with one attached hydrogen (secondary N) is 1. The minimum Gasteiger partial charge on any atom is -0.313 e. The molecule has 2 nitrogen and oxygen atoms in total. The lowest BCUT2D eigenvalue weighted by molar-refractivity contribution is 0.129. The van der Waals surface area contributed by atoms with Crippen molar-refractivity contribution in [1.29, 1.82) is 0 Å². The number of likely N-dealkylation sites (N-methyl/N-ethyl adjacent to an activating group) is 1. The topological polar surface area (TPSA) is 15.3 Å². The number of piperidine rings is 1. The first kappa shape index (κ1) is 12.0. The average molecular weight is 198 g/mol. The fourth-order valence-electron chi connectivity index (χ4n) is 1.93. The molecule has 0 saturated carbocycles. The molecule has 0 bridgehead atoms. The second-order valence-electron chi connectivity index (χ2n) is 5.19. The van der Waals surface area contributed by atoms with Crippen LogP contribution < -0.4 is 5.32 Å². The van der Waals surface area contributed by atoms with E-state index in [0.717, 1.165) is 6.04 Å². The Morgan fingerprint density at radius 1 is 1.36 bits per heavy atom. The molecule has 0 aromatic heterocycles. The van der Waals surface area contributed by atoms with Crippen molar-refractivity contribution in [2.75, 3.05) is 20.1 Å². The molecule has 1 heterocycles. The van der Waals surface area contributed by atoms with Gasteiger partial charge in [-0.1, -0.05) is 13.3 Å². The quantitative estimate of drug-likeness (QED) is 0.745. The highest BCUT2D eigenvalue weighted by Crippen LogP contribution is 2.18. The minimum atomic E-state index is 0.346. The summed E-state index contributed by atoms with van der Waals surface area (Å²) in [6, 6.07) is 0.722. The van der Waals surface area contributed by atoms with Crippen LogP contribution in [0.2, 0.25) is 0 Å². The summed E-state index contributed by atoms with van der Waals surface area (Å²) < 4.78 is 0. The summed E-state index contributed by atoms with van der Waals surface area (Å²) in [6.45, 7) is 9.34. The third-order valence-electron chi connectivity index (χ3n) is 3.81. The number of nitrogens with zero attached hydrogens (tertiary/aromatic N) is 1. The van der Waals surface area contributed by atoms with E-state index in [4.69, 9.17) is 0 Å². The van der Waals surface area contributed by atoms with E-state index >= 15 is 0 Å². The van der Waals surface area contributed by atoms with E-state index in [9.17, 15) is 0 Å². The van der Waals surface area contributed by atoms with E-state index in [0.29, 0.717) is 5.54 Å². The van der Waals surface area contributed by atoms with Crippen molar-refractivity contribution in [2.45, 2.75) is 58.0 Å². The summed E-state index contributed by atoms with van der Waals surface area (Å²) in [5.74, 6) is 0. The fourth-order valence-corrected chi connectivity index (χ4v) is 1.93. The van der Waals surface area contributed by atoms with Crippen LogP contribution in [0.4, 0.5) is 0 Å². The molecule has 0 aromatic rings. The van der Waals surface area contributed by atoms with Gasteiger partial charge in [-0.15, -0.1) is 0 Å². The summed E-state index contributed by atoms with van der Waals surface area (Å²) in [5, 5.41) is 3.60. The van der Waals surface area contributed by atoms with Crippen LogP contribution in [-0.2, 0) is 0 Å². The Morgan fingerprint density at radius 2 is 2.07 bits per heavy atom. The normalized spacial score (nSPS) is 24.2. The molecule has 1 aliphatic heterocycles. The molecule has 1 atom stereocenters. The lowest BCUT2D eigenvalue weighted by atomic mass is 9.97. The molecule has 84 valence electrons. The molecule has 1 rings (SSSR count). The number of hydrogen-bond acceptors (Lipinski definition) is 2. The van der Waals surface area contributed by atoms with Crippen LogP contribution in [-0.4, -0.2) is 36.6 Å². The third-order valence-corrected chi connectivity index (χ3v) is 3.81. The molecule has 2 heteroatoms. The highest BCUT2D eigenvalue weighted by atomic mass is 15.2. The molecule has 0 aromatic carbocycles. The minimum absolute atomic E-state index is 0.346. The van der Waals surface area contributed by atoms with E-state index in [1.807, 2.05) is 0 Å². The van der Waals surface area contributed by atoms with Crippen LogP contribution in [0.25, 0.3) is 0 Å². The van der Waals surface area contributed by atoms with Gasteiger partial charge in [0.05, 0.1) is 0 Å². The van der Waals surface area contributed by atoms with Crippen molar-refractivity contribution < 1.29 is 0 Å². The maximum atomic E-state index is 3.60. The summed E-state index contributed by atoms with van der Waals surface area (Å²) >= 11 is 0. The SMILES string of the molecule is CCC(C)(C)N(C)CC1CCCCN1. The van der Waals surface area contributed by atoms with Crippen molar-refractivity contribution >= 4 is 0 Å². The maximum absolute atomic E-state index is 3.60. The van der Waals surface area contributed by atoms with Crippen molar-refractivity contribution in [1.82, 2.24) is 10.2 Å². The first-order valence-electron chi connectivity index (χ1n) is 6.01. The van der Waals surface area contributed by atoms with Crippen molar-refractivity contribution in [3.63, 3.8) is 0 Å². The molecule has 0 aliphatic carbocycles. The van der Waals surface area contributed by atoms with Gasteiger partial charge in [0.1, 0.15) is 0 Å². The molecule has 14 heavy (non-hydrogen) atoms. The molecule has 1 unspecified atom stereocenters. The Bertz CT molecular complexity index is 160. The van der Waals surface area contributed by atoms with Gasteiger partial charge in [0, 0.05) is 18.1 Å². The standard InChI is InChI=1S/C12H26N2/c1-5-12(2,3)14(4)10-11-8-6-7-9-13-11/h11,13H,5-10H2,1-4H3. The van der Waals surface area contributed by atoms with Gasteiger partial charge in [-0.05, 0) is 46.7 Å². The maximum Gasteiger partial charge on any atom is 0.0195 e. The molecule has 0 spiro atoms. The van der Waals surface area contributed by atoms with Gasteiger partial charge >= 0.3 is 0 Å². The summed E-state index contributed by atoms with van der Waals surface area (Å²) in [7, 11) is 2.25. The smallest absolute Gasteiger partial charge is 0.0195 e. The van der Waals surface area contributed by atoms with Crippen molar-refractivity contribution in [2.24, 2.45) is 0 Å². The Morgan fingerprint density at radius 3 is 2.57 bits per heavy atom. The van der Waals surface area contributed by atoms with Crippen LogP contribution in [0.3, 0.4) is 0 Å². The zero-order valence-corrected chi connectivity index (χ0v) is 10.3. The van der Waals surface area contributed by atoms with Gasteiger partial charge < -0.3 is 5.32 Å². The van der Waals surface area contributed by atoms with E-state index in [1.54, 1.807) is 0 Å². The van der Waals surface area contributed by atoms with Gasteiger partial charge in [-0.3, -0.25) is 4.90 Å². The Balaban J connectivity index is 2.34. The van der Waals surface area contributed by atoms with Crippen LogP contribution in [0.15, 0.2) is 0 Å². The first-order chi connectivity index (χ1) is 6.56. The van der Waals surface area contributed by atoms with Crippen LogP contribution in [0, 0.1) is 0 Å². The molecule has 1 saturated heterocycles. The second-order valence-corrected chi connectivity index (χ2v) is 5.19. The van der Waals surface area contributed by atoms with Crippen molar-refractivity contribution in [3.8, 4) is 0 Å². The number of hydrogen-bond donors (Lipinski definition) is 1. The summed E-state index contributed by atoms with van der Waals surface area (Å²) in [5.41, 5.74) is 0.346. The highest BCUT2D eigenvalue weighted by molar-refractivity contribution is 4.82. The van der Waals surface area contributed by atoms with Gasteiger partial charge in [0.25, 0.3) is 0 Å². The monoisotopic (exact) mass is 198 g/mol. The molecular weight excluding hydrogens is 172 g/mol. The Hall–Kier alpha value is -0.0800. The molecule has 1 fully saturated rings. The first-order valence-corrected chi connectivity index (χ1v) is 6.01. The number of rotatable bonds is 4. The van der Waals surface area contributed by atoms with Crippen LogP contribution in [0.1, 0.15) is 46.5 Å². The van der Waals surface area contributed by atoms with Gasteiger partial charge in [0.15, 0.2) is 0 Å². The summed E-state index contributed by atoms with van der Waals surface area (Å²) in [6.07, 6.45) is 5.33. The predicted molar refractivity (Wildman–Crippen MR) is 62.6 cm³/mol. The molecule has 1 N–H and O–H groups in total. The van der Waals surface area contributed by atoms with E-state index in [1.165, 1.54) is 38.8 Å². The van der Waals surface area contributed by atoms with Crippen LogP contribution in [0.5, 0.6) is 0 Å². The van der Waals surface area contributed by atoms with Crippen LogP contribution >= 0.6 is 0 Å². The molecular formula is C12H26N2. The van der Waals surface area contributed by atoms with E-state index in [2.05, 4.69) is 38.0 Å². The summed E-state index contributed by atoms with van der Waals surface area (Å²) in [4.78, 5) is 2.50. The lowest BCUT2D eigenvalue weighted by Gasteiger charge is -2.38. The predicted octanol–water partition coefficient (Wildman–Crippen LogP) is 2.25. The molecule has 0 amide bonds. The Labute approximate surface area is 89.1 Å². The molecule has 0 radical (unpaired) electrons. The van der Waals surface area contributed by atoms with Gasteiger partial charge in [0.2, 0.25) is 0 Å².